The number of ether oxygens (including phenoxy) is 1. The first-order chi connectivity index (χ1) is 9.02. The van der Waals surface area contributed by atoms with Gasteiger partial charge < -0.3 is 10.1 Å². The first kappa shape index (κ1) is 13.2. The number of rotatable bonds is 3. The van der Waals surface area contributed by atoms with Crippen molar-refractivity contribution in [3.8, 4) is 5.75 Å². The lowest BCUT2D eigenvalue weighted by molar-refractivity contribution is 0.223. The quantitative estimate of drug-likeness (QED) is 0.917. The van der Waals surface area contributed by atoms with Crippen molar-refractivity contribution in [1.82, 2.24) is 5.32 Å². The van der Waals surface area contributed by atoms with Crippen LogP contribution >= 0.6 is 11.6 Å². The van der Waals surface area contributed by atoms with Gasteiger partial charge in [0.1, 0.15) is 11.9 Å². The van der Waals surface area contributed by atoms with Crippen molar-refractivity contribution in [2.24, 2.45) is 0 Å². The number of nitrogens with one attached hydrogen (secondary N) is 1. The Labute approximate surface area is 118 Å². The van der Waals surface area contributed by atoms with E-state index in [2.05, 4.69) is 5.32 Å². The Bertz CT molecular complexity index is 588. The van der Waals surface area contributed by atoms with Gasteiger partial charge in [-0.1, -0.05) is 11.6 Å². The lowest BCUT2D eigenvalue weighted by Gasteiger charge is -2.15. The van der Waals surface area contributed by atoms with Crippen LogP contribution in [-0.4, -0.2) is 38.6 Å². The van der Waals surface area contributed by atoms with Crippen LogP contribution in [0.2, 0.25) is 5.02 Å². The summed E-state index contributed by atoms with van der Waals surface area (Å²) in [7, 11) is -2.82. The molecule has 0 saturated carbocycles. The summed E-state index contributed by atoms with van der Waals surface area (Å²) in [6, 6.07) is 5.70. The largest absolute Gasteiger partial charge is 0.488 e. The zero-order chi connectivity index (χ0) is 13.5. The predicted octanol–water partition coefficient (Wildman–Crippen LogP) is 1.42. The summed E-state index contributed by atoms with van der Waals surface area (Å²) in [4.78, 5) is 0. The molecule has 1 saturated heterocycles. The number of halogens is 1. The van der Waals surface area contributed by atoms with Crippen LogP contribution in [0.4, 0.5) is 0 Å². The zero-order valence-corrected chi connectivity index (χ0v) is 12.0. The first-order valence-electron chi connectivity index (χ1n) is 6.41. The van der Waals surface area contributed by atoms with E-state index in [4.69, 9.17) is 16.3 Å². The van der Waals surface area contributed by atoms with Crippen molar-refractivity contribution in [2.45, 2.75) is 25.0 Å². The summed E-state index contributed by atoms with van der Waals surface area (Å²) in [5.74, 6) is 1.43. The Morgan fingerprint density at radius 2 is 2.26 bits per heavy atom. The minimum Gasteiger partial charge on any atom is -0.488 e. The second-order valence-electron chi connectivity index (χ2n) is 5.20. The molecular formula is C13H16ClNO3S. The molecule has 0 bridgehead atoms. The number of sulfone groups is 1. The molecule has 4 nitrogen and oxygen atoms in total. The highest BCUT2D eigenvalue weighted by molar-refractivity contribution is 7.91. The van der Waals surface area contributed by atoms with Gasteiger partial charge in [0, 0.05) is 24.0 Å². The van der Waals surface area contributed by atoms with Crippen molar-refractivity contribution in [1.29, 1.82) is 0 Å². The fraction of sp³-hybridized carbons (Fsp3) is 0.538. The highest BCUT2D eigenvalue weighted by Crippen LogP contribution is 2.30. The number of hydrogen-bond acceptors (Lipinski definition) is 4. The Kier molecular flexibility index (Phi) is 3.45. The molecule has 1 aromatic rings. The maximum absolute atomic E-state index is 11.4. The summed E-state index contributed by atoms with van der Waals surface area (Å²) in [6.45, 7) is 0.673. The standard InChI is InChI=1S/C13H16ClNO3S/c14-10-1-2-13-9(5-10)6-12(18-13)7-15-11-3-4-19(16,17)8-11/h1-2,5,11-12,15H,3-4,6-8H2. The van der Waals surface area contributed by atoms with Crippen LogP contribution in [0.25, 0.3) is 0 Å². The zero-order valence-electron chi connectivity index (χ0n) is 10.4. The maximum Gasteiger partial charge on any atom is 0.151 e. The molecule has 1 aromatic carbocycles. The SMILES string of the molecule is O=S1(=O)CCC(NCC2Cc3cc(Cl)ccc3O2)C1. The second kappa shape index (κ2) is 4.96. The van der Waals surface area contributed by atoms with Gasteiger partial charge >= 0.3 is 0 Å². The van der Waals surface area contributed by atoms with Crippen LogP contribution in [0.15, 0.2) is 18.2 Å². The summed E-state index contributed by atoms with van der Waals surface area (Å²) < 4.78 is 28.5. The number of benzene rings is 1. The molecule has 0 radical (unpaired) electrons. The first-order valence-corrected chi connectivity index (χ1v) is 8.61. The molecule has 2 heterocycles. The summed E-state index contributed by atoms with van der Waals surface area (Å²) >= 11 is 5.95. The van der Waals surface area contributed by atoms with E-state index in [9.17, 15) is 8.42 Å². The van der Waals surface area contributed by atoms with Crippen LogP contribution in [0.1, 0.15) is 12.0 Å². The van der Waals surface area contributed by atoms with Crippen LogP contribution in [0.3, 0.4) is 0 Å². The molecule has 2 aliphatic heterocycles. The lowest BCUT2D eigenvalue weighted by atomic mass is 10.1. The molecule has 2 unspecified atom stereocenters. The summed E-state index contributed by atoms with van der Waals surface area (Å²) in [6.07, 6.45) is 1.59. The fourth-order valence-corrected chi connectivity index (χ4v) is 4.56. The third kappa shape index (κ3) is 3.04. The highest BCUT2D eigenvalue weighted by Gasteiger charge is 2.29. The van der Waals surface area contributed by atoms with Gasteiger partial charge in [-0.05, 0) is 30.2 Å². The molecule has 6 heteroatoms. The smallest absolute Gasteiger partial charge is 0.151 e. The molecule has 0 amide bonds. The van der Waals surface area contributed by atoms with E-state index in [0.717, 1.165) is 22.8 Å². The van der Waals surface area contributed by atoms with Gasteiger partial charge in [-0.25, -0.2) is 8.42 Å². The number of hydrogen-bond donors (Lipinski definition) is 1. The van der Waals surface area contributed by atoms with Gasteiger partial charge in [0.2, 0.25) is 0 Å². The molecule has 2 aliphatic rings. The topological polar surface area (TPSA) is 55.4 Å². The Morgan fingerprint density at radius 1 is 1.42 bits per heavy atom. The van der Waals surface area contributed by atoms with Crippen molar-refractivity contribution < 1.29 is 13.2 Å². The molecule has 19 heavy (non-hydrogen) atoms. The molecule has 1 N–H and O–H groups in total. The molecule has 104 valence electrons. The van der Waals surface area contributed by atoms with Gasteiger partial charge in [0.15, 0.2) is 9.84 Å². The van der Waals surface area contributed by atoms with Crippen molar-refractivity contribution >= 4 is 21.4 Å². The maximum atomic E-state index is 11.4. The van der Waals surface area contributed by atoms with Crippen LogP contribution in [0.5, 0.6) is 5.75 Å². The molecule has 1 fully saturated rings. The van der Waals surface area contributed by atoms with E-state index in [-0.39, 0.29) is 17.9 Å². The minimum absolute atomic E-state index is 0.0665. The lowest BCUT2D eigenvalue weighted by Crippen LogP contribution is -2.38. The average molecular weight is 302 g/mol. The fourth-order valence-electron chi connectivity index (χ4n) is 2.66. The molecular weight excluding hydrogens is 286 g/mol. The summed E-state index contributed by atoms with van der Waals surface area (Å²) in [5.41, 5.74) is 1.12. The van der Waals surface area contributed by atoms with Crippen LogP contribution in [-0.2, 0) is 16.3 Å². The van der Waals surface area contributed by atoms with E-state index >= 15 is 0 Å². The van der Waals surface area contributed by atoms with E-state index in [1.807, 2.05) is 18.2 Å². The molecule has 0 aliphatic carbocycles. The third-order valence-electron chi connectivity index (χ3n) is 3.63. The predicted molar refractivity (Wildman–Crippen MR) is 74.6 cm³/mol. The molecule has 0 spiro atoms. The molecule has 2 atom stereocenters. The van der Waals surface area contributed by atoms with Crippen molar-refractivity contribution in [3.63, 3.8) is 0 Å². The Balaban J connectivity index is 1.54. The third-order valence-corrected chi connectivity index (χ3v) is 5.63. The Hall–Kier alpha value is -0.780. The normalized spacial score (nSPS) is 28.1. The van der Waals surface area contributed by atoms with E-state index in [1.54, 1.807) is 0 Å². The highest BCUT2D eigenvalue weighted by atomic mass is 35.5. The monoisotopic (exact) mass is 301 g/mol. The van der Waals surface area contributed by atoms with Crippen LogP contribution < -0.4 is 10.1 Å². The van der Waals surface area contributed by atoms with Gasteiger partial charge in [0.05, 0.1) is 11.5 Å². The van der Waals surface area contributed by atoms with E-state index in [1.165, 1.54) is 0 Å². The van der Waals surface area contributed by atoms with Crippen LogP contribution in [0, 0.1) is 0 Å². The average Bonchev–Trinajstić information content (AvgIpc) is 2.89. The summed E-state index contributed by atoms with van der Waals surface area (Å²) in [5, 5.41) is 4.01. The van der Waals surface area contributed by atoms with Gasteiger partial charge in [0.25, 0.3) is 0 Å². The number of fused-ring (bicyclic) bond motifs is 1. The van der Waals surface area contributed by atoms with E-state index in [0.29, 0.717) is 18.7 Å². The molecule has 0 aromatic heterocycles. The second-order valence-corrected chi connectivity index (χ2v) is 7.87. The Morgan fingerprint density at radius 3 is 3.00 bits per heavy atom. The van der Waals surface area contributed by atoms with Crippen molar-refractivity contribution in [3.05, 3.63) is 28.8 Å². The van der Waals surface area contributed by atoms with Gasteiger partial charge in [-0.15, -0.1) is 0 Å². The van der Waals surface area contributed by atoms with Gasteiger partial charge in [-0.2, -0.15) is 0 Å². The molecule has 3 rings (SSSR count). The minimum atomic E-state index is -2.82. The van der Waals surface area contributed by atoms with Crippen molar-refractivity contribution in [2.75, 3.05) is 18.1 Å². The van der Waals surface area contributed by atoms with E-state index < -0.39 is 9.84 Å². The van der Waals surface area contributed by atoms with Gasteiger partial charge in [-0.3, -0.25) is 0 Å².